The first kappa shape index (κ1) is 14.2. The summed E-state index contributed by atoms with van der Waals surface area (Å²) in [4.78, 5) is 0. The van der Waals surface area contributed by atoms with E-state index in [1.54, 1.807) is 7.11 Å². The molecule has 1 aliphatic carbocycles. The number of nitrogens with one attached hydrogen (secondary N) is 1. The molecule has 1 fully saturated rings. The number of hydrogen-bond acceptors (Lipinski definition) is 4. The highest BCUT2D eigenvalue weighted by molar-refractivity contribution is 5.26. The molecule has 1 aromatic carbocycles. The van der Waals surface area contributed by atoms with Crippen molar-refractivity contribution in [2.24, 2.45) is 0 Å². The summed E-state index contributed by atoms with van der Waals surface area (Å²) in [7, 11) is 1.66. The maximum atomic E-state index is 5.73. The van der Waals surface area contributed by atoms with Crippen molar-refractivity contribution in [3.63, 3.8) is 0 Å². The Bertz CT molecular complexity index is 558. The molecule has 1 aliphatic rings. The van der Waals surface area contributed by atoms with E-state index in [9.17, 15) is 0 Å². The molecule has 0 amide bonds. The predicted molar refractivity (Wildman–Crippen MR) is 80.1 cm³/mol. The van der Waals surface area contributed by atoms with E-state index in [1.807, 2.05) is 36.4 Å². The summed E-state index contributed by atoms with van der Waals surface area (Å²) in [6.07, 6.45) is 2.58. The average Bonchev–Trinajstić information content (AvgIpc) is 3.25. The standard InChI is InChI=1S/C17H21NO3/c1-19-15-6-2-13(3-7-15)11-20-12-17-9-8-16(21-17)10-18-14-4-5-14/h2-3,6-9,14,18H,4-5,10-12H2,1H3. The number of ether oxygens (including phenoxy) is 2. The molecule has 0 bridgehead atoms. The van der Waals surface area contributed by atoms with Gasteiger partial charge in [-0.1, -0.05) is 12.1 Å². The zero-order valence-electron chi connectivity index (χ0n) is 12.3. The summed E-state index contributed by atoms with van der Waals surface area (Å²) in [5, 5.41) is 3.43. The van der Waals surface area contributed by atoms with Crippen LogP contribution in [0.15, 0.2) is 40.8 Å². The number of hydrogen-bond donors (Lipinski definition) is 1. The van der Waals surface area contributed by atoms with Crippen molar-refractivity contribution in [1.29, 1.82) is 0 Å². The Hall–Kier alpha value is -1.78. The lowest BCUT2D eigenvalue weighted by atomic mass is 10.2. The molecule has 0 spiro atoms. The molecule has 21 heavy (non-hydrogen) atoms. The van der Waals surface area contributed by atoms with E-state index in [4.69, 9.17) is 13.9 Å². The van der Waals surface area contributed by atoms with Gasteiger partial charge in [-0.15, -0.1) is 0 Å². The Morgan fingerprint density at radius 2 is 1.81 bits per heavy atom. The lowest BCUT2D eigenvalue weighted by Gasteiger charge is -2.04. The SMILES string of the molecule is COc1ccc(COCc2ccc(CNC3CC3)o2)cc1. The Kier molecular flexibility index (Phi) is 4.58. The molecule has 0 unspecified atom stereocenters. The van der Waals surface area contributed by atoms with Crippen LogP contribution in [0.1, 0.15) is 29.9 Å². The molecule has 1 N–H and O–H groups in total. The first-order valence-electron chi connectivity index (χ1n) is 7.35. The molecule has 1 heterocycles. The fraction of sp³-hybridized carbons (Fsp3) is 0.412. The maximum Gasteiger partial charge on any atom is 0.129 e. The molecule has 0 aliphatic heterocycles. The number of benzene rings is 1. The van der Waals surface area contributed by atoms with Gasteiger partial charge in [0.15, 0.2) is 0 Å². The van der Waals surface area contributed by atoms with Crippen molar-refractivity contribution in [2.45, 2.75) is 38.6 Å². The fourth-order valence-corrected chi connectivity index (χ4v) is 2.12. The zero-order valence-corrected chi connectivity index (χ0v) is 12.3. The lowest BCUT2D eigenvalue weighted by molar-refractivity contribution is 0.0919. The molecule has 4 nitrogen and oxygen atoms in total. The van der Waals surface area contributed by atoms with Gasteiger partial charge in [0, 0.05) is 6.04 Å². The third kappa shape index (κ3) is 4.34. The smallest absolute Gasteiger partial charge is 0.129 e. The Balaban J connectivity index is 1.41. The monoisotopic (exact) mass is 287 g/mol. The van der Waals surface area contributed by atoms with Crippen LogP contribution in [0.25, 0.3) is 0 Å². The summed E-state index contributed by atoms with van der Waals surface area (Å²) in [5.41, 5.74) is 1.12. The molecule has 2 aromatic rings. The second-order valence-electron chi connectivity index (χ2n) is 5.36. The van der Waals surface area contributed by atoms with Crippen LogP contribution in [0.2, 0.25) is 0 Å². The van der Waals surface area contributed by atoms with Gasteiger partial charge in [0.05, 0.1) is 20.3 Å². The van der Waals surface area contributed by atoms with E-state index >= 15 is 0 Å². The third-order valence-electron chi connectivity index (χ3n) is 3.53. The minimum Gasteiger partial charge on any atom is -0.497 e. The van der Waals surface area contributed by atoms with Gasteiger partial charge in [-0.25, -0.2) is 0 Å². The topological polar surface area (TPSA) is 43.6 Å². The largest absolute Gasteiger partial charge is 0.497 e. The van der Waals surface area contributed by atoms with Gasteiger partial charge in [0.1, 0.15) is 23.9 Å². The minimum atomic E-state index is 0.495. The van der Waals surface area contributed by atoms with Crippen LogP contribution in [0.5, 0.6) is 5.75 Å². The second kappa shape index (κ2) is 6.78. The van der Waals surface area contributed by atoms with E-state index < -0.39 is 0 Å². The summed E-state index contributed by atoms with van der Waals surface area (Å²) in [6.45, 7) is 1.87. The molecule has 1 saturated carbocycles. The summed E-state index contributed by atoms with van der Waals surface area (Å²) >= 11 is 0. The van der Waals surface area contributed by atoms with Gasteiger partial charge in [-0.05, 0) is 42.7 Å². The molecular formula is C17H21NO3. The number of methoxy groups -OCH3 is 1. The molecule has 112 valence electrons. The van der Waals surface area contributed by atoms with Gasteiger partial charge < -0.3 is 19.2 Å². The van der Waals surface area contributed by atoms with Crippen LogP contribution < -0.4 is 10.1 Å². The first-order valence-corrected chi connectivity index (χ1v) is 7.35. The Morgan fingerprint density at radius 1 is 1.05 bits per heavy atom. The molecule has 1 aromatic heterocycles. The van der Waals surface area contributed by atoms with Crippen molar-refractivity contribution < 1.29 is 13.9 Å². The highest BCUT2D eigenvalue weighted by atomic mass is 16.5. The second-order valence-corrected chi connectivity index (χ2v) is 5.36. The molecular weight excluding hydrogens is 266 g/mol. The molecule has 0 saturated heterocycles. The summed E-state index contributed by atoms with van der Waals surface area (Å²) < 4.78 is 16.5. The van der Waals surface area contributed by atoms with E-state index in [-0.39, 0.29) is 0 Å². The Morgan fingerprint density at radius 3 is 2.52 bits per heavy atom. The Labute approximate surface area is 125 Å². The van der Waals surface area contributed by atoms with Crippen LogP contribution in [-0.4, -0.2) is 13.2 Å². The van der Waals surface area contributed by atoms with Crippen molar-refractivity contribution in [2.75, 3.05) is 7.11 Å². The molecule has 3 rings (SSSR count). The van der Waals surface area contributed by atoms with E-state index in [0.717, 1.165) is 29.4 Å². The van der Waals surface area contributed by atoms with Gasteiger partial charge in [0.25, 0.3) is 0 Å². The van der Waals surface area contributed by atoms with Crippen molar-refractivity contribution in [3.05, 3.63) is 53.5 Å². The van der Waals surface area contributed by atoms with Crippen LogP contribution in [0.4, 0.5) is 0 Å². The van der Waals surface area contributed by atoms with Crippen molar-refractivity contribution in [1.82, 2.24) is 5.32 Å². The van der Waals surface area contributed by atoms with E-state index in [2.05, 4.69) is 5.32 Å². The highest BCUT2D eigenvalue weighted by Gasteiger charge is 2.20. The number of rotatable bonds is 8. The highest BCUT2D eigenvalue weighted by Crippen LogP contribution is 2.20. The van der Waals surface area contributed by atoms with E-state index in [1.165, 1.54) is 12.8 Å². The van der Waals surface area contributed by atoms with Crippen LogP contribution >= 0.6 is 0 Å². The van der Waals surface area contributed by atoms with Crippen molar-refractivity contribution >= 4 is 0 Å². The minimum absolute atomic E-state index is 0.495. The maximum absolute atomic E-state index is 5.73. The lowest BCUT2D eigenvalue weighted by Crippen LogP contribution is -2.14. The molecule has 4 heteroatoms. The molecule has 0 radical (unpaired) electrons. The normalized spacial score (nSPS) is 14.3. The summed E-state index contributed by atoms with van der Waals surface area (Å²) in [5.74, 6) is 2.71. The third-order valence-corrected chi connectivity index (χ3v) is 3.53. The van der Waals surface area contributed by atoms with Gasteiger partial charge >= 0.3 is 0 Å². The first-order chi connectivity index (χ1) is 10.3. The van der Waals surface area contributed by atoms with Gasteiger partial charge in [-0.3, -0.25) is 0 Å². The van der Waals surface area contributed by atoms with E-state index in [0.29, 0.717) is 19.3 Å². The van der Waals surface area contributed by atoms with Crippen LogP contribution in [-0.2, 0) is 24.5 Å². The average molecular weight is 287 g/mol. The number of furan rings is 1. The van der Waals surface area contributed by atoms with Crippen LogP contribution in [0.3, 0.4) is 0 Å². The quantitative estimate of drug-likeness (QED) is 0.809. The van der Waals surface area contributed by atoms with Gasteiger partial charge in [0.2, 0.25) is 0 Å². The molecule has 0 atom stereocenters. The van der Waals surface area contributed by atoms with Gasteiger partial charge in [-0.2, -0.15) is 0 Å². The predicted octanol–water partition coefficient (Wildman–Crippen LogP) is 3.26. The van der Waals surface area contributed by atoms with Crippen molar-refractivity contribution in [3.8, 4) is 5.75 Å². The summed E-state index contributed by atoms with van der Waals surface area (Å²) in [6, 6.07) is 12.6. The van der Waals surface area contributed by atoms with Crippen LogP contribution in [0, 0.1) is 0 Å². The fourth-order valence-electron chi connectivity index (χ4n) is 2.12. The zero-order chi connectivity index (χ0) is 14.5.